The monoisotopic (exact) mass is 229 g/mol. The number of methoxy groups -OCH3 is 1. The third-order valence-corrected chi connectivity index (χ3v) is 3.58. The van der Waals surface area contributed by atoms with Gasteiger partial charge in [0.1, 0.15) is 0 Å². The second kappa shape index (κ2) is 5.99. The highest BCUT2D eigenvalue weighted by Crippen LogP contribution is 2.40. The lowest BCUT2D eigenvalue weighted by Gasteiger charge is -2.19. The molecule has 3 atom stereocenters. The summed E-state index contributed by atoms with van der Waals surface area (Å²) in [5.74, 6) is 0.745. The van der Waals surface area contributed by atoms with Crippen LogP contribution in [-0.2, 0) is 4.74 Å². The van der Waals surface area contributed by atoms with Crippen LogP contribution in [0.2, 0.25) is 0 Å². The Morgan fingerprint density at radius 2 is 2.12 bits per heavy atom. The minimum Gasteiger partial charge on any atom is -0.391 e. The maximum absolute atomic E-state index is 9.53. The predicted octanol–water partition coefficient (Wildman–Crippen LogP) is 1.80. The Balaban J connectivity index is 2.18. The molecule has 0 aliphatic heterocycles. The largest absolute Gasteiger partial charge is 0.391 e. The fourth-order valence-corrected chi connectivity index (χ4v) is 2.88. The van der Waals surface area contributed by atoms with Crippen molar-refractivity contribution in [3.8, 4) is 0 Å². The van der Waals surface area contributed by atoms with E-state index >= 15 is 0 Å². The van der Waals surface area contributed by atoms with Crippen molar-refractivity contribution in [2.24, 2.45) is 11.3 Å². The summed E-state index contributed by atoms with van der Waals surface area (Å²) >= 11 is 0. The van der Waals surface area contributed by atoms with Gasteiger partial charge < -0.3 is 15.2 Å². The van der Waals surface area contributed by atoms with Gasteiger partial charge in [0.25, 0.3) is 0 Å². The number of rotatable bonds is 6. The molecule has 2 N–H and O–H groups in total. The summed E-state index contributed by atoms with van der Waals surface area (Å²) in [6.07, 6.45) is 2.99. The Morgan fingerprint density at radius 3 is 2.62 bits per heavy atom. The average Bonchev–Trinajstić information content (AvgIpc) is 2.40. The van der Waals surface area contributed by atoms with E-state index in [0.29, 0.717) is 18.1 Å². The minimum absolute atomic E-state index is 0.331. The Kier molecular flexibility index (Phi) is 5.22. The van der Waals surface area contributed by atoms with Gasteiger partial charge in [0.15, 0.2) is 0 Å². The molecule has 0 spiro atoms. The smallest absolute Gasteiger partial charge is 0.0785 e. The van der Waals surface area contributed by atoms with E-state index in [1.807, 2.05) is 0 Å². The molecule has 1 rings (SSSR count). The summed E-state index contributed by atoms with van der Waals surface area (Å²) in [5.41, 5.74) is 0.474. The van der Waals surface area contributed by atoms with Crippen molar-refractivity contribution in [3.63, 3.8) is 0 Å². The number of aliphatic hydroxyl groups is 1. The number of nitrogens with one attached hydrogen (secondary N) is 1. The van der Waals surface area contributed by atoms with Crippen molar-refractivity contribution >= 4 is 0 Å². The third-order valence-electron chi connectivity index (χ3n) is 3.58. The van der Waals surface area contributed by atoms with E-state index in [1.165, 1.54) is 12.8 Å². The molecule has 1 aliphatic rings. The topological polar surface area (TPSA) is 41.5 Å². The molecule has 3 nitrogen and oxygen atoms in total. The molecule has 0 saturated heterocycles. The van der Waals surface area contributed by atoms with E-state index in [9.17, 15) is 5.11 Å². The molecule has 0 radical (unpaired) electrons. The molecule has 0 bridgehead atoms. The first kappa shape index (κ1) is 13.9. The number of ether oxygens (including phenoxy) is 1. The van der Waals surface area contributed by atoms with E-state index in [1.54, 1.807) is 7.11 Å². The van der Waals surface area contributed by atoms with Crippen LogP contribution in [0.1, 0.15) is 40.0 Å². The van der Waals surface area contributed by atoms with Crippen molar-refractivity contribution in [2.75, 3.05) is 20.3 Å². The Bertz CT molecular complexity index is 206. The van der Waals surface area contributed by atoms with Crippen LogP contribution in [0.15, 0.2) is 0 Å². The maximum Gasteiger partial charge on any atom is 0.0785 e. The lowest BCUT2D eigenvalue weighted by atomic mass is 9.91. The van der Waals surface area contributed by atoms with Gasteiger partial charge in [-0.25, -0.2) is 0 Å². The van der Waals surface area contributed by atoms with Crippen LogP contribution in [0.5, 0.6) is 0 Å². The summed E-state index contributed by atoms with van der Waals surface area (Å²) in [6.45, 7) is 8.32. The SMILES string of the molecule is COCC(O)CCNC1CC(C)(C)CC1C. The van der Waals surface area contributed by atoms with Gasteiger partial charge in [0.05, 0.1) is 12.7 Å². The molecule has 0 heterocycles. The number of aliphatic hydroxyl groups excluding tert-OH is 1. The van der Waals surface area contributed by atoms with Gasteiger partial charge >= 0.3 is 0 Å². The summed E-state index contributed by atoms with van der Waals surface area (Å²) in [6, 6.07) is 0.616. The number of hydrogen-bond acceptors (Lipinski definition) is 3. The number of hydrogen-bond donors (Lipinski definition) is 2. The first-order chi connectivity index (χ1) is 7.44. The molecule has 3 heteroatoms. The van der Waals surface area contributed by atoms with Gasteiger partial charge in [-0.2, -0.15) is 0 Å². The van der Waals surface area contributed by atoms with Crippen molar-refractivity contribution in [1.82, 2.24) is 5.32 Å². The van der Waals surface area contributed by atoms with Gasteiger partial charge in [-0.3, -0.25) is 0 Å². The zero-order valence-electron chi connectivity index (χ0n) is 11.1. The first-order valence-electron chi connectivity index (χ1n) is 6.35. The molecule has 0 aromatic carbocycles. The van der Waals surface area contributed by atoms with Crippen molar-refractivity contribution in [2.45, 2.75) is 52.2 Å². The zero-order valence-corrected chi connectivity index (χ0v) is 11.1. The van der Waals surface area contributed by atoms with Crippen LogP contribution in [0, 0.1) is 11.3 Å². The molecule has 96 valence electrons. The molecule has 0 amide bonds. The lowest BCUT2D eigenvalue weighted by Crippen LogP contribution is -2.34. The summed E-state index contributed by atoms with van der Waals surface area (Å²) in [4.78, 5) is 0. The van der Waals surface area contributed by atoms with Crippen LogP contribution >= 0.6 is 0 Å². The quantitative estimate of drug-likeness (QED) is 0.730. The highest BCUT2D eigenvalue weighted by atomic mass is 16.5. The predicted molar refractivity (Wildman–Crippen MR) is 66.5 cm³/mol. The molecule has 1 saturated carbocycles. The normalized spacial score (nSPS) is 30.6. The third kappa shape index (κ3) is 4.40. The molecule has 1 aliphatic carbocycles. The molecule has 1 fully saturated rings. The molecule has 3 unspecified atom stereocenters. The first-order valence-corrected chi connectivity index (χ1v) is 6.35. The van der Waals surface area contributed by atoms with Gasteiger partial charge in [0, 0.05) is 13.2 Å². The minimum atomic E-state index is -0.331. The van der Waals surface area contributed by atoms with E-state index in [0.717, 1.165) is 18.9 Å². The van der Waals surface area contributed by atoms with E-state index in [2.05, 4.69) is 26.1 Å². The van der Waals surface area contributed by atoms with Crippen molar-refractivity contribution in [3.05, 3.63) is 0 Å². The fraction of sp³-hybridized carbons (Fsp3) is 1.00. The lowest BCUT2D eigenvalue weighted by molar-refractivity contribution is 0.0587. The summed E-state index contributed by atoms with van der Waals surface area (Å²) in [5, 5.41) is 13.1. The second-order valence-corrected chi connectivity index (χ2v) is 6.01. The molecule has 0 aromatic rings. The molecular formula is C13H27NO2. The van der Waals surface area contributed by atoms with E-state index in [4.69, 9.17) is 4.74 Å². The molecular weight excluding hydrogens is 202 g/mol. The van der Waals surface area contributed by atoms with Crippen molar-refractivity contribution in [1.29, 1.82) is 0 Å². The van der Waals surface area contributed by atoms with Crippen LogP contribution in [0.25, 0.3) is 0 Å². The Labute approximate surface area is 99.6 Å². The summed E-state index contributed by atoms with van der Waals surface area (Å²) in [7, 11) is 1.62. The van der Waals surface area contributed by atoms with E-state index in [-0.39, 0.29) is 6.10 Å². The molecule has 0 aromatic heterocycles. The van der Waals surface area contributed by atoms with Crippen LogP contribution in [0.3, 0.4) is 0 Å². The van der Waals surface area contributed by atoms with E-state index < -0.39 is 0 Å². The Morgan fingerprint density at radius 1 is 1.44 bits per heavy atom. The van der Waals surface area contributed by atoms with Gasteiger partial charge in [-0.1, -0.05) is 20.8 Å². The van der Waals surface area contributed by atoms with Gasteiger partial charge in [-0.05, 0) is 37.1 Å². The summed E-state index contributed by atoms with van der Waals surface area (Å²) < 4.78 is 4.90. The molecule has 16 heavy (non-hydrogen) atoms. The standard InChI is InChI=1S/C13H27NO2/c1-10-7-13(2,3)8-12(10)14-6-5-11(15)9-16-4/h10-12,14-15H,5-9H2,1-4H3. The highest BCUT2D eigenvalue weighted by molar-refractivity contribution is 4.91. The average molecular weight is 229 g/mol. The highest BCUT2D eigenvalue weighted by Gasteiger charge is 2.36. The van der Waals surface area contributed by atoms with Crippen LogP contribution in [0.4, 0.5) is 0 Å². The van der Waals surface area contributed by atoms with Crippen LogP contribution < -0.4 is 5.32 Å². The Hall–Kier alpha value is -0.120. The maximum atomic E-state index is 9.53. The second-order valence-electron chi connectivity index (χ2n) is 6.01. The van der Waals surface area contributed by atoms with Gasteiger partial charge in [0.2, 0.25) is 0 Å². The van der Waals surface area contributed by atoms with Gasteiger partial charge in [-0.15, -0.1) is 0 Å². The zero-order chi connectivity index (χ0) is 12.2. The van der Waals surface area contributed by atoms with Crippen molar-refractivity contribution < 1.29 is 9.84 Å². The fourth-order valence-electron chi connectivity index (χ4n) is 2.88. The van der Waals surface area contributed by atoms with Crippen LogP contribution in [-0.4, -0.2) is 37.5 Å².